The maximum absolute atomic E-state index is 5.36. The zero-order valence-corrected chi connectivity index (χ0v) is 14.2. The molecule has 1 saturated carbocycles. The molecule has 1 aliphatic carbocycles. The average molecular weight is 319 g/mol. The molecule has 2 N–H and O–H groups in total. The number of nitrogens with zero attached hydrogens (tertiary/aromatic N) is 1. The first-order valence-electron chi connectivity index (χ1n) is 7.90. The van der Waals surface area contributed by atoms with E-state index in [1.807, 2.05) is 25.1 Å². The monoisotopic (exact) mass is 319 g/mol. The third-order valence-electron chi connectivity index (χ3n) is 3.93. The molecular formula is C17H25N3OS. The van der Waals surface area contributed by atoms with Crippen molar-refractivity contribution in [3.63, 3.8) is 0 Å². The van der Waals surface area contributed by atoms with Crippen LogP contribution in [0.4, 0.5) is 0 Å². The zero-order chi connectivity index (χ0) is 15.8. The van der Waals surface area contributed by atoms with Gasteiger partial charge in [-0.05, 0) is 43.6 Å². The molecule has 120 valence electrons. The molecule has 0 amide bonds. The highest BCUT2D eigenvalue weighted by Gasteiger charge is 2.13. The summed E-state index contributed by atoms with van der Waals surface area (Å²) in [7, 11) is 1.69. The van der Waals surface area contributed by atoms with Crippen molar-refractivity contribution in [2.24, 2.45) is 5.10 Å². The lowest BCUT2D eigenvalue weighted by Gasteiger charge is -2.23. The predicted molar refractivity (Wildman–Crippen MR) is 95.5 cm³/mol. The fourth-order valence-electron chi connectivity index (χ4n) is 2.77. The highest BCUT2D eigenvalue weighted by atomic mass is 32.1. The lowest BCUT2D eigenvalue weighted by molar-refractivity contribution is 0.411. The molecule has 0 saturated heterocycles. The molecule has 0 heterocycles. The molecule has 1 aromatic rings. The largest absolute Gasteiger partial charge is 0.496 e. The highest BCUT2D eigenvalue weighted by Crippen LogP contribution is 2.18. The minimum Gasteiger partial charge on any atom is -0.496 e. The number of benzene rings is 1. The Morgan fingerprint density at radius 3 is 2.73 bits per heavy atom. The second-order valence-corrected chi connectivity index (χ2v) is 6.16. The van der Waals surface area contributed by atoms with Crippen LogP contribution in [0.3, 0.4) is 0 Å². The summed E-state index contributed by atoms with van der Waals surface area (Å²) in [5.74, 6) is 0.889. The van der Waals surface area contributed by atoms with Gasteiger partial charge in [-0.1, -0.05) is 37.5 Å². The van der Waals surface area contributed by atoms with E-state index in [0.29, 0.717) is 11.2 Å². The molecule has 0 unspecified atom stereocenters. The number of hydrogen-bond donors (Lipinski definition) is 2. The van der Waals surface area contributed by atoms with Crippen molar-refractivity contribution in [3.8, 4) is 5.75 Å². The van der Waals surface area contributed by atoms with Crippen LogP contribution in [0.2, 0.25) is 0 Å². The van der Waals surface area contributed by atoms with Gasteiger partial charge in [-0.2, -0.15) is 5.10 Å². The van der Waals surface area contributed by atoms with Crippen LogP contribution in [-0.2, 0) is 6.42 Å². The standard InChI is InChI=1S/C17H25N3OS/c1-13(12-14-8-6-7-11-16(14)21-2)19-20-17(22)18-15-9-4-3-5-10-15/h6-8,11,15H,3-5,9-10,12H2,1-2H3,(H2,18,20,22)/b19-13-. The Morgan fingerprint density at radius 1 is 1.27 bits per heavy atom. The first kappa shape index (κ1) is 16.7. The van der Waals surface area contributed by atoms with E-state index in [0.717, 1.165) is 23.4 Å². The number of hydrogen-bond acceptors (Lipinski definition) is 3. The SMILES string of the molecule is COc1ccccc1C/C(C)=N\NC(=S)NC1CCCCC1. The summed E-state index contributed by atoms with van der Waals surface area (Å²) in [6.07, 6.45) is 7.06. The Hall–Kier alpha value is -1.62. The van der Waals surface area contributed by atoms with Crippen molar-refractivity contribution >= 4 is 23.0 Å². The molecule has 0 aromatic heterocycles. The lowest BCUT2D eigenvalue weighted by atomic mass is 9.96. The van der Waals surface area contributed by atoms with Gasteiger partial charge < -0.3 is 10.1 Å². The van der Waals surface area contributed by atoms with E-state index < -0.39 is 0 Å². The summed E-state index contributed by atoms with van der Waals surface area (Å²) < 4.78 is 5.36. The van der Waals surface area contributed by atoms with E-state index in [4.69, 9.17) is 17.0 Å². The highest BCUT2D eigenvalue weighted by molar-refractivity contribution is 7.80. The number of rotatable bonds is 5. The van der Waals surface area contributed by atoms with Gasteiger partial charge in [-0.3, -0.25) is 5.43 Å². The van der Waals surface area contributed by atoms with Crippen molar-refractivity contribution in [2.45, 2.75) is 51.5 Å². The molecule has 22 heavy (non-hydrogen) atoms. The summed E-state index contributed by atoms with van der Waals surface area (Å²) in [6.45, 7) is 1.99. The first-order chi connectivity index (χ1) is 10.7. The number of thiocarbonyl (C=S) groups is 1. The normalized spacial score (nSPS) is 16.2. The second-order valence-electron chi connectivity index (χ2n) is 5.76. The summed E-state index contributed by atoms with van der Waals surface area (Å²) >= 11 is 5.31. The third kappa shape index (κ3) is 5.30. The van der Waals surface area contributed by atoms with E-state index in [-0.39, 0.29) is 0 Å². The smallest absolute Gasteiger partial charge is 0.187 e. The van der Waals surface area contributed by atoms with Crippen molar-refractivity contribution in [1.29, 1.82) is 0 Å². The fraction of sp³-hybridized carbons (Fsp3) is 0.529. The van der Waals surface area contributed by atoms with Gasteiger partial charge in [0.25, 0.3) is 0 Å². The quantitative estimate of drug-likeness (QED) is 0.496. The Kier molecular flexibility index (Phi) is 6.65. The summed E-state index contributed by atoms with van der Waals surface area (Å²) in [5, 5.41) is 8.33. The zero-order valence-electron chi connectivity index (χ0n) is 13.4. The van der Waals surface area contributed by atoms with Crippen LogP contribution in [-0.4, -0.2) is 24.0 Å². The van der Waals surface area contributed by atoms with Gasteiger partial charge >= 0.3 is 0 Å². The van der Waals surface area contributed by atoms with Gasteiger partial charge in [0.05, 0.1) is 7.11 Å². The fourth-order valence-corrected chi connectivity index (χ4v) is 2.99. The summed E-state index contributed by atoms with van der Waals surface area (Å²) in [4.78, 5) is 0. The van der Waals surface area contributed by atoms with Gasteiger partial charge in [-0.25, -0.2) is 0 Å². The van der Waals surface area contributed by atoms with Crippen molar-refractivity contribution in [3.05, 3.63) is 29.8 Å². The molecule has 4 nitrogen and oxygen atoms in total. The van der Waals surface area contributed by atoms with Crippen LogP contribution < -0.4 is 15.5 Å². The van der Waals surface area contributed by atoms with Gasteiger partial charge in [0.1, 0.15) is 5.75 Å². The maximum Gasteiger partial charge on any atom is 0.187 e. The van der Waals surface area contributed by atoms with Gasteiger partial charge in [-0.15, -0.1) is 0 Å². The first-order valence-corrected chi connectivity index (χ1v) is 8.31. The molecule has 5 heteroatoms. The molecule has 0 bridgehead atoms. The molecule has 1 aliphatic rings. The molecule has 2 rings (SSSR count). The molecule has 0 atom stereocenters. The van der Waals surface area contributed by atoms with Crippen molar-refractivity contribution in [2.75, 3.05) is 7.11 Å². The average Bonchev–Trinajstić information content (AvgIpc) is 2.54. The van der Waals surface area contributed by atoms with E-state index in [1.165, 1.54) is 32.1 Å². The van der Waals surface area contributed by atoms with Crippen LogP contribution in [0.25, 0.3) is 0 Å². The van der Waals surface area contributed by atoms with Crippen LogP contribution in [0.1, 0.15) is 44.6 Å². The maximum atomic E-state index is 5.36. The summed E-state index contributed by atoms with van der Waals surface area (Å²) in [6, 6.07) is 8.49. The molecular weight excluding hydrogens is 294 g/mol. The molecule has 1 aromatic carbocycles. The second kappa shape index (κ2) is 8.73. The van der Waals surface area contributed by atoms with E-state index >= 15 is 0 Å². The van der Waals surface area contributed by atoms with Crippen molar-refractivity contribution < 1.29 is 4.74 Å². The molecule has 0 radical (unpaired) electrons. The number of ether oxygens (including phenoxy) is 1. The third-order valence-corrected chi connectivity index (χ3v) is 4.14. The molecule has 1 fully saturated rings. The van der Waals surface area contributed by atoms with Gasteiger partial charge in [0.2, 0.25) is 0 Å². The van der Waals surface area contributed by atoms with Crippen molar-refractivity contribution in [1.82, 2.24) is 10.7 Å². The van der Waals surface area contributed by atoms with Crippen LogP contribution >= 0.6 is 12.2 Å². The minimum atomic E-state index is 0.499. The number of hydrazone groups is 1. The molecule has 0 spiro atoms. The number of nitrogens with one attached hydrogen (secondary N) is 2. The van der Waals surface area contributed by atoms with E-state index in [2.05, 4.69) is 21.9 Å². The molecule has 0 aliphatic heterocycles. The number of methoxy groups -OCH3 is 1. The van der Waals surface area contributed by atoms with E-state index in [1.54, 1.807) is 7.11 Å². The van der Waals surface area contributed by atoms with Crippen LogP contribution in [0.5, 0.6) is 5.75 Å². The van der Waals surface area contributed by atoms with Gasteiger partial charge in [0.15, 0.2) is 5.11 Å². The van der Waals surface area contributed by atoms with E-state index in [9.17, 15) is 0 Å². The Bertz CT molecular complexity index is 524. The number of para-hydroxylation sites is 1. The Labute approximate surface area is 138 Å². The van der Waals surface area contributed by atoms with Crippen LogP contribution in [0, 0.1) is 0 Å². The van der Waals surface area contributed by atoms with Crippen LogP contribution in [0.15, 0.2) is 29.4 Å². The topological polar surface area (TPSA) is 45.6 Å². The predicted octanol–water partition coefficient (Wildman–Crippen LogP) is 3.41. The Morgan fingerprint density at radius 2 is 2.00 bits per heavy atom. The van der Waals surface area contributed by atoms with Gasteiger partial charge in [0, 0.05) is 18.2 Å². The summed E-state index contributed by atoms with van der Waals surface area (Å²) in [5.41, 5.74) is 5.05. The lowest BCUT2D eigenvalue weighted by Crippen LogP contribution is -2.41. The minimum absolute atomic E-state index is 0.499. The Balaban J connectivity index is 1.82.